The van der Waals surface area contributed by atoms with Crippen molar-refractivity contribution in [2.75, 3.05) is 22.9 Å². The average Bonchev–Trinajstić information content (AvgIpc) is 3.66. The van der Waals surface area contributed by atoms with E-state index in [1.165, 1.54) is 12.8 Å². The SMILES string of the molecule is Cc1oc2cc(Cl)c(Oc3ccncc3C(=O)N3CCN(C4CC4)c4ccccc43)cc2c1C. The van der Waals surface area contributed by atoms with Crippen molar-refractivity contribution in [3.63, 3.8) is 0 Å². The lowest BCUT2D eigenvalue weighted by molar-refractivity contribution is 0.0984. The van der Waals surface area contributed by atoms with Crippen molar-refractivity contribution < 1.29 is 13.9 Å². The van der Waals surface area contributed by atoms with Crippen molar-refractivity contribution in [3.8, 4) is 11.5 Å². The zero-order valence-electron chi connectivity index (χ0n) is 19.0. The van der Waals surface area contributed by atoms with Crippen LogP contribution in [0.4, 0.5) is 11.4 Å². The Morgan fingerprint density at radius 1 is 1.09 bits per heavy atom. The van der Waals surface area contributed by atoms with Gasteiger partial charge < -0.3 is 19.0 Å². The molecule has 0 N–H and O–H groups in total. The molecule has 1 aliphatic carbocycles. The fourth-order valence-corrected chi connectivity index (χ4v) is 4.87. The van der Waals surface area contributed by atoms with Crippen LogP contribution in [-0.4, -0.2) is 30.0 Å². The van der Waals surface area contributed by atoms with Crippen LogP contribution in [-0.2, 0) is 0 Å². The second kappa shape index (κ2) is 8.06. The van der Waals surface area contributed by atoms with Gasteiger partial charge in [-0.3, -0.25) is 9.78 Å². The van der Waals surface area contributed by atoms with E-state index in [0.29, 0.717) is 40.3 Å². The minimum atomic E-state index is -0.140. The van der Waals surface area contributed by atoms with Crippen LogP contribution in [0.2, 0.25) is 5.02 Å². The molecule has 2 aromatic carbocycles. The molecule has 2 aromatic heterocycles. The average molecular weight is 474 g/mol. The number of aromatic nitrogens is 1. The monoisotopic (exact) mass is 473 g/mol. The molecule has 1 saturated carbocycles. The molecule has 0 spiro atoms. The van der Waals surface area contributed by atoms with E-state index < -0.39 is 0 Å². The van der Waals surface area contributed by atoms with Gasteiger partial charge in [-0.15, -0.1) is 0 Å². The van der Waals surface area contributed by atoms with Crippen LogP contribution in [0.1, 0.15) is 34.5 Å². The van der Waals surface area contributed by atoms with E-state index in [1.54, 1.807) is 24.5 Å². The number of pyridine rings is 1. The first-order valence-corrected chi connectivity index (χ1v) is 11.9. The van der Waals surface area contributed by atoms with E-state index in [2.05, 4.69) is 16.0 Å². The van der Waals surface area contributed by atoms with Gasteiger partial charge in [0.1, 0.15) is 28.4 Å². The van der Waals surface area contributed by atoms with Crippen molar-refractivity contribution in [1.82, 2.24) is 4.98 Å². The Morgan fingerprint density at radius 3 is 2.68 bits per heavy atom. The lowest BCUT2D eigenvalue weighted by Crippen LogP contribution is -2.45. The number of rotatable bonds is 4. The van der Waals surface area contributed by atoms with Crippen molar-refractivity contribution in [1.29, 1.82) is 0 Å². The van der Waals surface area contributed by atoms with Gasteiger partial charge in [0.25, 0.3) is 5.91 Å². The lowest BCUT2D eigenvalue weighted by atomic mass is 10.1. The van der Waals surface area contributed by atoms with Gasteiger partial charge in [-0.2, -0.15) is 0 Å². The van der Waals surface area contributed by atoms with Crippen LogP contribution in [0.5, 0.6) is 11.5 Å². The van der Waals surface area contributed by atoms with Crippen molar-refractivity contribution in [2.45, 2.75) is 32.7 Å². The number of ether oxygens (including phenoxy) is 1. The number of halogens is 1. The number of aryl methyl sites for hydroxylation is 2. The predicted molar refractivity (Wildman–Crippen MR) is 133 cm³/mol. The Morgan fingerprint density at radius 2 is 1.88 bits per heavy atom. The molecule has 172 valence electrons. The molecular formula is C27H24ClN3O3. The molecule has 0 unspecified atom stereocenters. The third-order valence-electron chi connectivity index (χ3n) is 6.74. The molecule has 0 bridgehead atoms. The van der Waals surface area contributed by atoms with E-state index >= 15 is 0 Å². The van der Waals surface area contributed by atoms with E-state index in [9.17, 15) is 4.79 Å². The molecule has 0 radical (unpaired) electrons. The van der Waals surface area contributed by atoms with E-state index in [4.69, 9.17) is 20.8 Å². The maximum absolute atomic E-state index is 13.8. The molecule has 6 rings (SSSR count). The first kappa shape index (κ1) is 21.1. The number of para-hydroxylation sites is 2. The van der Waals surface area contributed by atoms with Crippen LogP contribution >= 0.6 is 11.6 Å². The van der Waals surface area contributed by atoms with Crippen LogP contribution in [0.25, 0.3) is 11.0 Å². The highest BCUT2D eigenvalue weighted by atomic mass is 35.5. The van der Waals surface area contributed by atoms with Gasteiger partial charge in [-0.05, 0) is 56.5 Å². The van der Waals surface area contributed by atoms with E-state index in [0.717, 1.165) is 34.6 Å². The molecule has 0 saturated heterocycles. The molecule has 1 aliphatic heterocycles. The van der Waals surface area contributed by atoms with Gasteiger partial charge in [0, 0.05) is 43.0 Å². The smallest absolute Gasteiger partial charge is 0.263 e. The third kappa shape index (κ3) is 3.49. The zero-order chi connectivity index (χ0) is 23.4. The Bertz CT molecular complexity index is 1430. The molecule has 0 atom stereocenters. The van der Waals surface area contributed by atoms with Crippen LogP contribution in [0.15, 0.2) is 59.3 Å². The van der Waals surface area contributed by atoms with Gasteiger partial charge in [-0.25, -0.2) is 0 Å². The number of furan rings is 1. The van der Waals surface area contributed by atoms with Gasteiger partial charge in [-0.1, -0.05) is 23.7 Å². The first-order valence-electron chi connectivity index (χ1n) is 11.5. The number of hydrogen-bond donors (Lipinski definition) is 0. The standard InChI is InChI=1S/C27H24ClN3O3/c1-16-17(2)33-25-14-21(28)26(13-19(16)25)34-24-9-10-29-15-20(24)27(32)31-12-11-30(18-7-8-18)22-5-3-4-6-23(22)31/h3-6,9-10,13-15,18H,7-8,11-12H2,1-2H3. The summed E-state index contributed by atoms with van der Waals surface area (Å²) >= 11 is 6.51. The zero-order valence-corrected chi connectivity index (χ0v) is 19.8. The summed E-state index contributed by atoms with van der Waals surface area (Å²) in [5.41, 5.74) is 4.17. The summed E-state index contributed by atoms with van der Waals surface area (Å²) in [6.45, 7) is 5.34. The van der Waals surface area contributed by atoms with Gasteiger partial charge >= 0.3 is 0 Å². The normalized spacial score (nSPS) is 15.5. The number of carbonyl (C=O) groups is 1. The van der Waals surface area contributed by atoms with Crippen LogP contribution in [0.3, 0.4) is 0 Å². The minimum Gasteiger partial charge on any atom is -0.461 e. The van der Waals surface area contributed by atoms with Crippen LogP contribution < -0.4 is 14.5 Å². The maximum Gasteiger partial charge on any atom is 0.263 e. The summed E-state index contributed by atoms with van der Waals surface area (Å²) < 4.78 is 12.0. The third-order valence-corrected chi connectivity index (χ3v) is 7.04. The summed E-state index contributed by atoms with van der Waals surface area (Å²) in [5, 5.41) is 1.35. The Balaban J connectivity index is 1.35. The quantitative estimate of drug-likeness (QED) is 0.337. The van der Waals surface area contributed by atoms with Gasteiger partial charge in [0.15, 0.2) is 0 Å². The van der Waals surface area contributed by atoms with Crippen LogP contribution in [0, 0.1) is 13.8 Å². The predicted octanol–water partition coefficient (Wildman–Crippen LogP) is 6.52. The second-order valence-electron chi connectivity index (χ2n) is 8.91. The highest BCUT2D eigenvalue weighted by molar-refractivity contribution is 6.32. The summed E-state index contributed by atoms with van der Waals surface area (Å²) in [7, 11) is 0. The molecular weight excluding hydrogens is 450 g/mol. The molecule has 7 heteroatoms. The highest BCUT2D eigenvalue weighted by Crippen LogP contribution is 2.41. The van der Waals surface area contributed by atoms with Gasteiger partial charge in [0.05, 0.1) is 16.4 Å². The molecule has 6 nitrogen and oxygen atoms in total. The fourth-order valence-electron chi connectivity index (χ4n) is 4.68. The number of hydrogen-bond acceptors (Lipinski definition) is 5. The second-order valence-corrected chi connectivity index (χ2v) is 9.31. The Hall–Kier alpha value is -3.51. The number of nitrogens with zero attached hydrogens (tertiary/aromatic N) is 3. The molecule has 1 amide bonds. The number of benzene rings is 2. The summed E-state index contributed by atoms with van der Waals surface area (Å²) in [5.74, 6) is 1.59. The summed E-state index contributed by atoms with van der Waals surface area (Å²) in [4.78, 5) is 22.2. The molecule has 34 heavy (non-hydrogen) atoms. The van der Waals surface area contributed by atoms with Gasteiger partial charge in [0.2, 0.25) is 0 Å². The minimum absolute atomic E-state index is 0.140. The number of fused-ring (bicyclic) bond motifs is 2. The topological polar surface area (TPSA) is 58.8 Å². The molecule has 2 aliphatic rings. The molecule has 4 aromatic rings. The maximum atomic E-state index is 13.8. The lowest BCUT2D eigenvalue weighted by Gasteiger charge is -2.38. The Labute approximate surface area is 202 Å². The highest BCUT2D eigenvalue weighted by Gasteiger charge is 2.36. The summed E-state index contributed by atoms with van der Waals surface area (Å²) in [6.07, 6.45) is 5.60. The van der Waals surface area contributed by atoms with Crippen molar-refractivity contribution in [2.24, 2.45) is 0 Å². The van der Waals surface area contributed by atoms with Crippen molar-refractivity contribution >= 4 is 39.9 Å². The number of anilines is 2. The summed E-state index contributed by atoms with van der Waals surface area (Å²) in [6, 6.07) is 14.0. The first-order chi connectivity index (χ1) is 16.5. The number of carbonyl (C=O) groups excluding carboxylic acids is 1. The van der Waals surface area contributed by atoms with E-state index in [1.807, 2.05) is 43.0 Å². The largest absolute Gasteiger partial charge is 0.461 e. The molecule has 3 heterocycles. The van der Waals surface area contributed by atoms with E-state index in [-0.39, 0.29) is 5.91 Å². The number of amides is 1. The Kier molecular flexibility index (Phi) is 4.99. The van der Waals surface area contributed by atoms with Crippen molar-refractivity contribution in [3.05, 3.63) is 76.8 Å². The molecule has 1 fully saturated rings. The fraction of sp³-hybridized carbons (Fsp3) is 0.259.